The molecule has 0 aromatic heterocycles. The summed E-state index contributed by atoms with van der Waals surface area (Å²) in [6.45, 7) is 5.16. The predicted octanol–water partition coefficient (Wildman–Crippen LogP) is 3.82. The van der Waals surface area contributed by atoms with E-state index in [9.17, 15) is 0 Å². The van der Waals surface area contributed by atoms with Crippen molar-refractivity contribution in [3.05, 3.63) is 40.4 Å². The molecule has 0 bridgehead atoms. The Balaban J connectivity index is 2.73. The minimum absolute atomic E-state index is 0.310. The van der Waals surface area contributed by atoms with Crippen LogP contribution in [0.3, 0.4) is 0 Å². The molecular weight excluding hydrogens is 268 g/mol. The zero-order valence-electron chi connectivity index (χ0n) is 9.65. The largest absolute Gasteiger partial charge is 0.348 e. The van der Waals surface area contributed by atoms with Crippen molar-refractivity contribution in [3.63, 3.8) is 0 Å². The molecule has 1 aromatic rings. The van der Waals surface area contributed by atoms with Crippen LogP contribution in [0.25, 0.3) is 6.08 Å². The standard InChI is InChI=1S/C13H17BrO2/c1-3-15-13(16-4-2)12(14)10-11-8-6-5-7-9-11/h5-10,13H,3-4H2,1-2H3/b12-10-. The Hall–Kier alpha value is -0.640. The second kappa shape index (κ2) is 7.60. The maximum atomic E-state index is 5.48. The van der Waals surface area contributed by atoms with E-state index in [2.05, 4.69) is 15.9 Å². The van der Waals surface area contributed by atoms with Crippen LogP contribution in [0.5, 0.6) is 0 Å². The van der Waals surface area contributed by atoms with Crippen molar-refractivity contribution in [3.8, 4) is 0 Å². The minimum atomic E-state index is -0.310. The fourth-order valence-electron chi connectivity index (χ4n) is 1.29. The summed E-state index contributed by atoms with van der Waals surface area (Å²) in [7, 11) is 0. The SMILES string of the molecule is CCOC(OCC)/C(Br)=C/c1ccccc1. The highest BCUT2D eigenvalue weighted by Crippen LogP contribution is 2.19. The van der Waals surface area contributed by atoms with Crippen LogP contribution in [0.15, 0.2) is 34.8 Å². The third-order valence-electron chi connectivity index (χ3n) is 1.97. The van der Waals surface area contributed by atoms with Crippen molar-refractivity contribution >= 4 is 22.0 Å². The Bertz CT molecular complexity index is 316. The van der Waals surface area contributed by atoms with Gasteiger partial charge in [-0.3, -0.25) is 0 Å². The average Bonchev–Trinajstić information content (AvgIpc) is 2.30. The van der Waals surface area contributed by atoms with Crippen molar-refractivity contribution in [2.45, 2.75) is 20.1 Å². The van der Waals surface area contributed by atoms with E-state index in [1.807, 2.05) is 50.3 Å². The minimum Gasteiger partial charge on any atom is -0.348 e. The Morgan fingerprint density at radius 1 is 1.19 bits per heavy atom. The molecule has 88 valence electrons. The maximum absolute atomic E-state index is 5.48. The van der Waals surface area contributed by atoms with Crippen LogP contribution in [0, 0.1) is 0 Å². The molecule has 16 heavy (non-hydrogen) atoms. The molecule has 0 aliphatic rings. The van der Waals surface area contributed by atoms with Crippen molar-refractivity contribution in [2.24, 2.45) is 0 Å². The summed E-state index contributed by atoms with van der Waals surface area (Å²) >= 11 is 3.49. The van der Waals surface area contributed by atoms with Gasteiger partial charge in [-0.15, -0.1) is 0 Å². The van der Waals surface area contributed by atoms with Gasteiger partial charge in [-0.25, -0.2) is 0 Å². The van der Waals surface area contributed by atoms with Crippen LogP contribution in [-0.4, -0.2) is 19.5 Å². The normalized spacial score (nSPS) is 12.1. The molecule has 0 fully saturated rings. The molecular formula is C13H17BrO2. The molecule has 0 unspecified atom stereocenters. The van der Waals surface area contributed by atoms with Gasteiger partial charge in [0.1, 0.15) is 0 Å². The smallest absolute Gasteiger partial charge is 0.190 e. The number of benzene rings is 1. The van der Waals surface area contributed by atoms with Gasteiger partial charge in [-0.1, -0.05) is 46.3 Å². The fraction of sp³-hybridized carbons (Fsp3) is 0.385. The van der Waals surface area contributed by atoms with Gasteiger partial charge in [0.15, 0.2) is 6.29 Å². The van der Waals surface area contributed by atoms with Crippen molar-refractivity contribution in [2.75, 3.05) is 13.2 Å². The second-order valence-corrected chi connectivity index (χ2v) is 4.10. The Morgan fingerprint density at radius 3 is 2.25 bits per heavy atom. The molecule has 0 saturated carbocycles. The van der Waals surface area contributed by atoms with Gasteiger partial charge in [0.25, 0.3) is 0 Å². The molecule has 1 aromatic carbocycles. The first-order valence-corrected chi connectivity index (χ1v) is 6.22. The van der Waals surface area contributed by atoms with Crippen LogP contribution < -0.4 is 0 Å². The van der Waals surface area contributed by atoms with Crippen LogP contribution >= 0.6 is 15.9 Å². The van der Waals surface area contributed by atoms with Crippen molar-refractivity contribution in [1.29, 1.82) is 0 Å². The topological polar surface area (TPSA) is 18.5 Å². The number of hydrogen-bond acceptors (Lipinski definition) is 2. The molecule has 0 saturated heterocycles. The molecule has 0 spiro atoms. The van der Waals surface area contributed by atoms with E-state index < -0.39 is 0 Å². The molecule has 0 heterocycles. The van der Waals surface area contributed by atoms with E-state index in [1.165, 1.54) is 0 Å². The molecule has 1 rings (SSSR count). The van der Waals surface area contributed by atoms with Crippen LogP contribution in [-0.2, 0) is 9.47 Å². The Morgan fingerprint density at radius 2 is 1.75 bits per heavy atom. The van der Waals surface area contributed by atoms with E-state index in [0.717, 1.165) is 10.0 Å². The molecule has 0 radical (unpaired) electrons. The number of ether oxygens (including phenoxy) is 2. The number of rotatable bonds is 6. The highest BCUT2D eigenvalue weighted by Gasteiger charge is 2.11. The van der Waals surface area contributed by atoms with E-state index >= 15 is 0 Å². The van der Waals surface area contributed by atoms with E-state index in [4.69, 9.17) is 9.47 Å². The molecule has 0 atom stereocenters. The van der Waals surface area contributed by atoms with Gasteiger partial charge in [0, 0.05) is 13.2 Å². The van der Waals surface area contributed by atoms with Crippen molar-refractivity contribution in [1.82, 2.24) is 0 Å². The molecule has 3 heteroatoms. The summed E-state index contributed by atoms with van der Waals surface area (Å²) in [5.41, 5.74) is 1.12. The lowest BCUT2D eigenvalue weighted by Crippen LogP contribution is -2.17. The number of hydrogen-bond donors (Lipinski definition) is 0. The maximum Gasteiger partial charge on any atom is 0.190 e. The second-order valence-electron chi connectivity index (χ2n) is 3.18. The average molecular weight is 285 g/mol. The molecule has 0 amide bonds. The summed E-state index contributed by atoms with van der Waals surface area (Å²) in [4.78, 5) is 0. The van der Waals surface area contributed by atoms with E-state index in [1.54, 1.807) is 0 Å². The lowest BCUT2D eigenvalue weighted by molar-refractivity contribution is -0.105. The molecule has 0 aliphatic carbocycles. The van der Waals surface area contributed by atoms with Gasteiger partial charge in [0.05, 0.1) is 4.48 Å². The van der Waals surface area contributed by atoms with Crippen LogP contribution in [0.1, 0.15) is 19.4 Å². The van der Waals surface area contributed by atoms with Gasteiger partial charge >= 0.3 is 0 Å². The third-order valence-corrected chi connectivity index (χ3v) is 2.57. The highest BCUT2D eigenvalue weighted by molar-refractivity contribution is 9.11. The van der Waals surface area contributed by atoms with Gasteiger partial charge in [-0.2, -0.15) is 0 Å². The zero-order chi connectivity index (χ0) is 11.8. The first kappa shape index (κ1) is 13.4. The predicted molar refractivity (Wildman–Crippen MR) is 70.4 cm³/mol. The lowest BCUT2D eigenvalue weighted by Gasteiger charge is -2.16. The summed E-state index contributed by atoms with van der Waals surface area (Å²) in [6.07, 6.45) is 1.70. The summed E-state index contributed by atoms with van der Waals surface area (Å²) in [5.74, 6) is 0. The van der Waals surface area contributed by atoms with Gasteiger partial charge in [-0.05, 0) is 25.5 Å². The van der Waals surface area contributed by atoms with Gasteiger partial charge in [0.2, 0.25) is 0 Å². The van der Waals surface area contributed by atoms with E-state index in [0.29, 0.717) is 13.2 Å². The van der Waals surface area contributed by atoms with E-state index in [-0.39, 0.29) is 6.29 Å². The molecule has 2 nitrogen and oxygen atoms in total. The third kappa shape index (κ3) is 4.47. The molecule has 0 N–H and O–H groups in total. The lowest BCUT2D eigenvalue weighted by atomic mass is 10.2. The molecule has 0 aliphatic heterocycles. The Kier molecular flexibility index (Phi) is 6.38. The monoisotopic (exact) mass is 284 g/mol. The Labute approximate surface area is 105 Å². The quantitative estimate of drug-likeness (QED) is 0.740. The van der Waals surface area contributed by atoms with Crippen LogP contribution in [0.4, 0.5) is 0 Å². The zero-order valence-corrected chi connectivity index (χ0v) is 11.2. The van der Waals surface area contributed by atoms with Crippen molar-refractivity contribution < 1.29 is 9.47 Å². The highest BCUT2D eigenvalue weighted by atomic mass is 79.9. The summed E-state index contributed by atoms with van der Waals surface area (Å²) < 4.78 is 11.9. The van der Waals surface area contributed by atoms with Gasteiger partial charge < -0.3 is 9.47 Å². The first-order chi connectivity index (χ1) is 7.77. The van der Waals surface area contributed by atoms with Crippen LogP contribution in [0.2, 0.25) is 0 Å². The number of halogens is 1. The first-order valence-electron chi connectivity index (χ1n) is 5.43. The fourth-order valence-corrected chi connectivity index (χ4v) is 1.82. The summed E-state index contributed by atoms with van der Waals surface area (Å²) in [6, 6.07) is 10.1. The summed E-state index contributed by atoms with van der Waals surface area (Å²) in [5, 5.41) is 0.